The number of hydrogen-bond acceptors (Lipinski definition) is 4. The molecule has 2 atom stereocenters. The van der Waals surface area contributed by atoms with Crippen LogP contribution in [0.15, 0.2) is 0 Å². The summed E-state index contributed by atoms with van der Waals surface area (Å²) in [5.74, 6) is -3.11. The molecule has 0 aromatic heterocycles. The Morgan fingerprint density at radius 3 is 2.21 bits per heavy atom. The Balaban J connectivity index is 2.59. The van der Waals surface area contributed by atoms with Gasteiger partial charge in [0.25, 0.3) is 0 Å². The summed E-state index contributed by atoms with van der Waals surface area (Å²) < 4.78 is 0. The first-order chi connectivity index (χ1) is 8.91. The van der Waals surface area contributed by atoms with Crippen molar-refractivity contribution in [3.05, 3.63) is 0 Å². The van der Waals surface area contributed by atoms with Crippen molar-refractivity contribution in [1.82, 2.24) is 5.32 Å². The van der Waals surface area contributed by atoms with Gasteiger partial charge in [-0.15, -0.1) is 0 Å². The van der Waals surface area contributed by atoms with Gasteiger partial charge in [-0.05, 0) is 18.8 Å². The Labute approximate surface area is 111 Å². The Hall–Kier alpha value is -1.63. The lowest BCUT2D eigenvalue weighted by Crippen LogP contribution is -2.52. The average Bonchev–Trinajstić information content (AvgIpc) is 2.35. The van der Waals surface area contributed by atoms with E-state index in [2.05, 4.69) is 5.32 Å². The third kappa shape index (κ3) is 4.86. The molecule has 0 heterocycles. The molecule has 0 aliphatic heterocycles. The number of carbonyl (C=O) groups excluding carboxylic acids is 1. The molecule has 19 heavy (non-hydrogen) atoms. The SMILES string of the molecule is NC(CC(=O)O)C(=O)NC(C(=O)O)C1CCCCC1. The van der Waals surface area contributed by atoms with Crippen LogP contribution < -0.4 is 11.1 Å². The van der Waals surface area contributed by atoms with Crippen LogP contribution in [0.4, 0.5) is 0 Å². The fourth-order valence-corrected chi connectivity index (χ4v) is 2.39. The van der Waals surface area contributed by atoms with Gasteiger partial charge in [-0.25, -0.2) is 4.79 Å². The second-order valence-electron chi connectivity index (χ2n) is 4.93. The Bertz CT molecular complexity index is 352. The van der Waals surface area contributed by atoms with Gasteiger partial charge in [0.15, 0.2) is 0 Å². The Morgan fingerprint density at radius 1 is 1.16 bits per heavy atom. The second-order valence-corrected chi connectivity index (χ2v) is 4.93. The minimum Gasteiger partial charge on any atom is -0.481 e. The van der Waals surface area contributed by atoms with Crippen molar-refractivity contribution in [1.29, 1.82) is 0 Å². The fourth-order valence-electron chi connectivity index (χ4n) is 2.39. The van der Waals surface area contributed by atoms with Crippen LogP contribution in [0.3, 0.4) is 0 Å². The summed E-state index contributed by atoms with van der Waals surface area (Å²) in [5.41, 5.74) is 5.41. The number of carboxylic acids is 2. The molecule has 0 radical (unpaired) electrons. The number of nitrogens with one attached hydrogen (secondary N) is 1. The highest BCUT2D eigenvalue weighted by Gasteiger charge is 2.32. The first kappa shape index (κ1) is 15.4. The summed E-state index contributed by atoms with van der Waals surface area (Å²) >= 11 is 0. The van der Waals surface area contributed by atoms with E-state index in [1.807, 2.05) is 0 Å². The number of carboxylic acid groups (broad SMARTS) is 2. The molecule has 1 amide bonds. The van der Waals surface area contributed by atoms with E-state index in [1.54, 1.807) is 0 Å². The lowest BCUT2D eigenvalue weighted by molar-refractivity contribution is -0.144. The molecule has 0 bridgehead atoms. The summed E-state index contributed by atoms with van der Waals surface area (Å²) in [7, 11) is 0. The molecule has 2 unspecified atom stereocenters. The summed E-state index contributed by atoms with van der Waals surface area (Å²) in [6, 6.07) is -2.20. The van der Waals surface area contributed by atoms with E-state index < -0.39 is 36.4 Å². The van der Waals surface area contributed by atoms with Crippen molar-refractivity contribution >= 4 is 17.8 Å². The van der Waals surface area contributed by atoms with Crippen molar-refractivity contribution in [2.75, 3.05) is 0 Å². The fraction of sp³-hybridized carbons (Fsp3) is 0.750. The van der Waals surface area contributed by atoms with E-state index in [0.29, 0.717) is 0 Å². The zero-order valence-corrected chi connectivity index (χ0v) is 10.7. The van der Waals surface area contributed by atoms with E-state index in [1.165, 1.54) is 0 Å². The van der Waals surface area contributed by atoms with Crippen LogP contribution in [-0.4, -0.2) is 40.1 Å². The molecule has 1 saturated carbocycles. The van der Waals surface area contributed by atoms with Gasteiger partial charge in [-0.3, -0.25) is 9.59 Å². The number of carbonyl (C=O) groups is 3. The zero-order valence-electron chi connectivity index (χ0n) is 10.7. The van der Waals surface area contributed by atoms with Gasteiger partial charge < -0.3 is 21.3 Å². The minimum absolute atomic E-state index is 0.104. The molecule has 1 aliphatic rings. The maximum Gasteiger partial charge on any atom is 0.326 e. The lowest BCUT2D eigenvalue weighted by Gasteiger charge is -2.28. The second kappa shape index (κ2) is 7.08. The highest BCUT2D eigenvalue weighted by molar-refractivity contribution is 5.89. The lowest BCUT2D eigenvalue weighted by atomic mass is 9.84. The third-order valence-corrected chi connectivity index (χ3v) is 3.42. The molecular weight excluding hydrogens is 252 g/mol. The summed E-state index contributed by atoms with van der Waals surface area (Å²) in [5, 5.41) is 20.1. The third-order valence-electron chi connectivity index (χ3n) is 3.42. The zero-order chi connectivity index (χ0) is 14.4. The van der Waals surface area contributed by atoms with E-state index in [4.69, 9.17) is 15.9 Å². The van der Waals surface area contributed by atoms with Crippen molar-refractivity contribution in [2.24, 2.45) is 11.7 Å². The quantitative estimate of drug-likeness (QED) is 0.536. The molecule has 1 aliphatic carbocycles. The molecule has 7 nitrogen and oxygen atoms in total. The van der Waals surface area contributed by atoms with E-state index >= 15 is 0 Å². The van der Waals surface area contributed by atoms with Gasteiger partial charge in [0, 0.05) is 0 Å². The van der Waals surface area contributed by atoms with Gasteiger partial charge in [0.1, 0.15) is 6.04 Å². The number of aliphatic carboxylic acids is 2. The van der Waals surface area contributed by atoms with Crippen LogP contribution in [-0.2, 0) is 14.4 Å². The largest absolute Gasteiger partial charge is 0.481 e. The molecule has 1 fully saturated rings. The molecule has 1 rings (SSSR count). The molecule has 0 aromatic rings. The van der Waals surface area contributed by atoms with E-state index in [9.17, 15) is 14.4 Å². The first-order valence-corrected chi connectivity index (χ1v) is 6.42. The van der Waals surface area contributed by atoms with Crippen LogP contribution >= 0.6 is 0 Å². The predicted molar refractivity (Wildman–Crippen MR) is 66.4 cm³/mol. The molecule has 7 heteroatoms. The minimum atomic E-state index is -1.22. The molecule has 108 valence electrons. The monoisotopic (exact) mass is 272 g/mol. The van der Waals surface area contributed by atoms with Gasteiger partial charge in [0.05, 0.1) is 12.5 Å². The van der Waals surface area contributed by atoms with Crippen molar-refractivity contribution in [3.63, 3.8) is 0 Å². The van der Waals surface area contributed by atoms with Gasteiger partial charge in [-0.2, -0.15) is 0 Å². The average molecular weight is 272 g/mol. The highest BCUT2D eigenvalue weighted by Crippen LogP contribution is 2.26. The standard InChI is InChI=1S/C12H20N2O5/c13-8(6-9(15)16)11(17)14-10(12(18)19)7-4-2-1-3-5-7/h7-8,10H,1-6,13H2,(H,14,17)(H,15,16)(H,18,19). The van der Waals surface area contributed by atoms with Crippen molar-refractivity contribution < 1.29 is 24.6 Å². The van der Waals surface area contributed by atoms with Gasteiger partial charge in [-0.1, -0.05) is 19.3 Å². The smallest absolute Gasteiger partial charge is 0.326 e. The molecular formula is C12H20N2O5. The van der Waals surface area contributed by atoms with Crippen LogP contribution in [0.2, 0.25) is 0 Å². The molecule has 0 aromatic carbocycles. The number of hydrogen-bond donors (Lipinski definition) is 4. The van der Waals surface area contributed by atoms with Gasteiger partial charge >= 0.3 is 11.9 Å². The van der Waals surface area contributed by atoms with Crippen LogP contribution in [0.1, 0.15) is 38.5 Å². The maximum atomic E-state index is 11.7. The molecule has 5 N–H and O–H groups in total. The van der Waals surface area contributed by atoms with Crippen LogP contribution in [0.5, 0.6) is 0 Å². The molecule has 0 saturated heterocycles. The molecule has 0 spiro atoms. The Kier molecular flexibility index (Phi) is 5.75. The van der Waals surface area contributed by atoms with Crippen LogP contribution in [0, 0.1) is 5.92 Å². The Morgan fingerprint density at radius 2 is 1.74 bits per heavy atom. The van der Waals surface area contributed by atoms with E-state index in [0.717, 1.165) is 32.1 Å². The van der Waals surface area contributed by atoms with Gasteiger partial charge in [0.2, 0.25) is 5.91 Å². The number of amides is 1. The van der Waals surface area contributed by atoms with Crippen LogP contribution in [0.25, 0.3) is 0 Å². The topological polar surface area (TPSA) is 130 Å². The normalized spacial score (nSPS) is 19.4. The summed E-state index contributed by atoms with van der Waals surface area (Å²) in [4.78, 5) is 33.3. The van der Waals surface area contributed by atoms with E-state index in [-0.39, 0.29) is 5.92 Å². The summed E-state index contributed by atoms with van der Waals surface area (Å²) in [6.45, 7) is 0. The maximum absolute atomic E-state index is 11.7. The first-order valence-electron chi connectivity index (χ1n) is 6.42. The van der Waals surface area contributed by atoms with Crippen molar-refractivity contribution in [3.8, 4) is 0 Å². The highest BCUT2D eigenvalue weighted by atomic mass is 16.4. The number of rotatable bonds is 6. The van der Waals surface area contributed by atoms with Crippen molar-refractivity contribution in [2.45, 2.75) is 50.6 Å². The predicted octanol–water partition coefficient (Wildman–Crippen LogP) is -0.0619. The summed E-state index contributed by atoms with van der Waals surface area (Å²) in [6.07, 6.45) is 3.98. The number of nitrogens with two attached hydrogens (primary N) is 1.